The number of phenolic OH excluding ortho intramolecular Hbond substituents is 1. The van der Waals surface area contributed by atoms with Crippen molar-refractivity contribution >= 4 is 44.4 Å². The highest BCUT2D eigenvalue weighted by atomic mass is 79.9. The Balaban J connectivity index is 0.000000179. The third kappa shape index (κ3) is 12.2. The molecule has 0 radical (unpaired) electrons. The van der Waals surface area contributed by atoms with Crippen molar-refractivity contribution in [2.45, 2.75) is 109 Å². The minimum Gasteiger partial charge on any atom is -0.508 e. The van der Waals surface area contributed by atoms with Crippen LogP contribution < -0.4 is 4.74 Å². The molecule has 0 unspecified atom stereocenters. The molecule has 0 bridgehead atoms. The molecule has 7 rings (SSSR count). The molecule has 2 N–H and O–H groups in total. The van der Waals surface area contributed by atoms with Crippen molar-refractivity contribution in [2.24, 2.45) is 0 Å². The fraction of sp³-hybridized carbons (Fsp3) is 0.500. The zero-order valence-electron chi connectivity index (χ0n) is 34.6. The number of aliphatic carboxylic acids is 1. The molecular formula is C46H59BrO11. The van der Waals surface area contributed by atoms with Crippen molar-refractivity contribution in [3.63, 3.8) is 0 Å². The van der Waals surface area contributed by atoms with E-state index in [0.717, 1.165) is 77.3 Å². The first-order valence-corrected chi connectivity index (χ1v) is 21.2. The molecule has 12 heteroatoms. The van der Waals surface area contributed by atoms with Gasteiger partial charge in [-0.15, -0.1) is 0 Å². The Bertz CT molecular complexity index is 1880. The van der Waals surface area contributed by atoms with Crippen LogP contribution in [0.15, 0.2) is 83.5 Å². The van der Waals surface area contributed by atoms with Crippen LogP contribution in [0.5, 0.6) is 11.5 Å². The summed E-state index contributed by atoms with van der Waals surface area (Å²) in [5, 5.41) is 20.0. The van der Waals surface area contributed by atoms with Crippen LogP contribution in [0, 0.1) is 0 Å². The highest BCUT2D eigenvalue weighted by molar-refractivity contribution is 9.09. The van der Waals surface area contributed by atoms with Crippen molar-refractivity contribution in [3.05, 3.63) is 95.7 Å². The highest BCUT2D eigenvalue weighted by Gasteiger charge is 2.52. The van der Waals surface area contributed by atoms with Gasteiger partial charge in [-0.25, -0.2) is 0 Å². The van der Waals surface area contributed by atoms with Gasteiger partial charge in [0.2, 0.25) is 0 Å². The number of alkyl halides is 1. The van der Waals surface area contributed by atoms with Crippen molar-refractivity contribution in [1.29, 1.82) is 0 Å². The van der Waals surface area contributed by atoms with Crippen LogP contribution >= 0.6 is 15.9 Å². The number of ether oxygens (including phenoxy) is 5. The van der Waals surface area contributed by atoms with Crippen molar-refractivity contribution in [2.75, 3.05) is 38.4 Å². The molecule has 0 amide bonds. The summed E-state index contributed by atoms with van der Waals surface area (Å²) < 4.78 is 32.1. The number of phenols is 1. The van der Waals surface area contributed by atoms with E-state index in [1.165, 1.54) is 0 Å². The minimum atomic E-state index is -0.717. The minimum absolute atomic E-state index is 0.0694. The lowest BCUT2D eigenvalue weighted by atomic mass is 9.92. The van der Waals surface area contributed by atoms with Crippen LogP contribution in [0.2, 0.25) is 0 Å². The summed E-state index contributed by atoms with van der Waals surface area (Å²) in [4.78, 5) is 34.2. The smallest absolute Gasteiger partial charge is 0.314 e. The maximum absolute atomic E-state index is 11.7. The normalized spacial score (nSPS) is 16.2. The van der Waals surface area contributed by atoms with Gasteiger partial charge in [-0.3, -0.25) is 14.4 Å². The molecule has 11 nitrogen and oxygen atoms in total. The molecular weight excluding hydrogens is 808 g/mol. The molecule has 316 valence electrons. The first-order chi connectivity index (χ1) is 27.8. The number of hydrogen-bond donors (Lipinski definition) is 2. The van der Waals surface area contributed by atoms with Gasteiger partial charge in [0, 0.05) is 31.8 Å². The topological polar surface area (TPSA) is 151 Å². The molecule has 3 aliphatic carbocycles. The standard InChI is InChI=1S/C17H24O4.C12H10O3.C11H12O2.C6H13BrO2/c1-4-19-16(20-5-2)12-21-15-8-6-14(7-9-15)17(10-11-17)13(3)18;13-11(14)12(4-5-12)9-1-2-10-8(7-9)3-6-15-10;1-8(12)11(6-7-11)9-2-4-10(13)5-3-9;1-3-8-6(5-7)9-4-2/h6-9,16H,4-5,10-12H2,1-3H3;1-3,6-7H,4-5H2,(H,13,14);2-5,13H,6-7H2,1H3;6H,3-5H2,1-2H3. The molecule has 0 atom stereocenters. The summed E-state index contributed by atoms with van der Waals surface area (Å²) in [5.41, 5.74) is 2.77. The number of halogens is 1. The number of aromatic hydroxyl groups is 1. The Morgan fingerprint density at radius 3 is 1.52 bits per heavy atom. The third-order valence-electron chi connectivity index (χ3n) is 10.8. The van der Waals surface area contributed by atoms with Gasteiger partial charge >= 0.3 is 5.97 Å². The molecule has 3 aliphatic rings. The van der Waals surface area contributed by atoms with Gasteiger partial charge in [-0.05, 0) is 139 Å². The average Bonchev–Trinajstić information content (AvgIpc) is 4.12. The number of carbonyl (C=O) groups excluding carboxylic acids is 2. The number of carbonyl (C=O) groups is 3. The molecule has 1 aromatic heterocycles. The van der Waals surface area contributed by atoms with Crippen LogP contribution in [0.1, 0.15) is 96.8 Å². The van der Waals surface area contributed by atoms with Gasteiger partial charge in [-0.2, -0.15) is 0 Å². The van der Waals surface area contributed by atoms with E-state index < -0.39 is 11.4 Å². The Morgan fingerprint density at radius 1 is 0.655 bits per heavy atom. The Morgan fingerprint density at radius 2 is 1.10 bits per heavy atom. The largest absolute Gasteiger partial charge is 0.508 e. The van der Waals surface area contributed by atoms with E-state index in [1.54, 1.807) is 32.2 Å². The van der Waals surface area contributed by atoms with E-state index in [9.17, 15) is 14.4 Å². The summed E-state index contributed by atoms with van der Waals surface area (Å²) in [6.07, 6.45) is 6.51. The Hall–Kier alpha value is -4.07. The van der Waals surface area contributed by atoms with Gasteiger partial charge in [0.1, 0.15) is 35.3 Å². The molecule has 3 saturated carbocycles. The zero-order valence-corrected chi connectivity index (χ0v) is 36.2. The number of furan rings is 1. The van der Waals surface area contributed by atoms with Crippen LogP contribution in [-0.4, -0.2) is 78.7 Å². The predicted octanol–water partition coefficient (Wildman–Crippen LogP) is 9.43. The molecule has 0 aliphatic heterocycles. The number of benzene rings is 3. The van der Waals surface area contributed by atoms with E-state index in [-0.39, 0.29) is 40.7 Å². The van der Waals surface area contributed by atoms with Crippen LogP contribution in [0.25, 0.3) is 11.0 Å². The lowest BCUT2D eigenvalue weighted by molar-refractivity contribution is -0.152. The van der Waals surface area contributed by atoms with Gasteiger partial charge < -0.3 is 38.3 Å². The van der Waals surface area contributed by atoms with Crippen LogP contribution in [0.3, 0.4) is 0 Å². The fourth-order valence-electron chi connectivity index (χ4n) is 6.79. The van der Waals surface area contributed by atoms with Crippen LogP contribution in [-0.2, 0) is 49.6 Å². The number of carboxylic acid groups (broad SMARTS) is 1. The van der Waals surface area contributed by atoms with Crippen molar-refractivity contribution in [1.82, 2.24) is 0 Å². The summed E-state index contributed by atoms with van der Waals surface area (Å²) >= 11 is 3.27. The van der Waals surface area contributed by atoms with E-state index >= 15 is 0 Å². The molecule has 1 heterocycles. The van der Waals surface area contributed by atoms with Gasteiger partial charge in [0.25, 0.3) is 0 Å². The second kappa shape index (κ2) is 21.8. The van der Waals surface area contributed by atoms with Crippen molar-refractivity contribution < 1.29 is 52.7 Å². The first kappa shape index (κ1) is 46.6. The second-order valence-corrected chi connectivity index (χ2v) is 15.2. The van der Waals surface area contributed by atoms with Crippen LogP contribution in [0.4, 0.5) is 0 Å². The highest BCUT2D eigenvalue weighted by Crippen LogP contribution is 2.50. The van der Waals surface area contributed by atoms with Gasteiger partial charge in [0.05, 0.1) is 27.8 Å². The molecule has 0 spiro atoms. The first-order valence-electron chi connectivity index (χ1n) is 20.1. The van der Waals surface area contributed by atoms with Gasteiger partial charge in [-0.1, -0.05) is 46.3 Å². The van der Waals surface area contributed by atoms with Gasteiger partial charge in [0.15, 0.2) is 12.6 Å². The summed E-state index contributed by atoms with van der Waals surface area (Å²) in [6, 6.07) is 22.2. The number of hydrogen-bond acceptors (Lipinski definition) is 10. The molecule has 4 aromatic rings. The molecule has 3 aromatic carbocycles. The zero-order chi connectivity index (χ0) is 42.3. The summed E-state index contributed by atoms with van der Waals surface area (Å²) in [5.74, 6) is 0.790. The maximum atomic E-state index is 11.7. The summed E-state index contributed by atoms with van der Waals surface area (Å²) in [7, 11) is 0. The van der Waals surface area contributed by atoms with E-state index in [4.69, 9.17) is 38.3 Å². The summed E-state index contributed by atoms with van der Waals surface area (Å²) in [6.45, 7) is 14.0. The van der Waals surface area contributed by atoms with E-state index in [2.05, 4.69) is 15.9 Å². The fourth-order valence-corrected chi connectivity index (χ4v) is 7.17. The number of ketones is 2. The SMILES string of the molecule is CC(=O)C1(c2ccc(O)cc2)CC1.CCOC(CBr)OCC.CCOC(COc1ccc(C2(C(C)=O)CC2)cc1)OCC.O=C(O)C1(c2ccc3occc3c2)CC1. The number of carboxylic acids is 1. The number of Topliss-reactive ketones (excluding diaryl/α,β-unsaturated/α-hetero) is 2. The second-order valence-electron chi connectivity index (χ2n) is 14.6. The van der Waals surface area contributed by atoms with Crippen molar-refractivity contribution in [3.8, 4) is 11.5 Å². The molecule has 3 fully saturated rings. The van der Waals surface area contributed by atoms with E-state index in [1.807, 2.05) is 88.4 Å². The Kier molecular flexibility index (Phi) is 17.5. The maximum Gasteiger partial charge on any atom is 0.314 e. The quantitative estimate of drug-likeness (QED) is 0.0727. The third-order valence-corrected chi connectivity index (χ3v) is 11.3. The Labute approximate surface area is 350 Å². The number of rotatable bonds is 18. The predicted molar refractivity (Wildman–Crippen MR) is 226 cm³/mol. The molecule has 58 heavy (non-hydrogen) atoms. The lowest BCUT2D eigenvalue weighted by Crippen LogP contribution is -2.25. The van der Waals surface area contributed by atoms with E-state index in [0.29, 0.717) is 33.0 Å². The number of fused-ring (bicyclic) bond motifs is 1. The molecule has 0 saturated heterocycles. The lowest BCUT2D eigenvalue weighted by Gasteiger charge is -2.18. The average molecular weight is 868 g/mol. The monoisotopic (exact) mass is 866 g/mol.